The van der Waals surface area contributed by atoms with Crippen LogP contribution in [-0.2, 0) is 5.41 Å². The first-order valence-corrected chi connectivity index (χ1v) is 17.1. The average Bonchev–Trinajstić information content (AvgIpc) is 3.62. The molecule has 0 bridgehead atoms. The number of para-hydroxylation sites is 1. The average molecular weight is 638 g/mol. The normalized spacial score (nSPS) is 13.1. The van der Waals surface area contributed by atoms with Gasteiger partial charge in [0.25, 0.3) is 0 Å². The van der Waals surface area contributed by atoms with E-state index in [1.807, 2.05) is 30.3 Å². The molecule has 0 saturated heterocycles. The highest BCUT2D eigenvalue weighted by atomic mass is 15.0. The Morgan fingerprint density at radius 3 is 2.10 bits per heavy atom. The van der Waals surface area contributed by atoms with Crippen molar-refractivity contribution in [1.29, 1.82) is 5.26 Å². The van der Waals surface area contributed by atoms with Crippen LogP contribution in [0.25, 0.3) is 82.7 Å². The van der Waals surface area contributed by atoms with Gasteiger partial charge in [-0.3, -0.25) is 0 Å². The number of rotatable bonds is 3. The van der Waals surface area contributed by atoms with Gasteiger partial charge in [0.15, 0.2) is 0 Å². The fourth-order valence-electron chi connectivity index (χ4n) is 8.33. The van der Waals surface area contributed by atoms with Gasteiger partial charge in [0, 0.05) is 32.8 Å². The van der Waals surface area contributed by atoms with Crippen molar-refractivity contribution in [3.63, 3.8) is 0 Å². The second-order valence-corrected chi connectivity index (χ2v) is 13.9. The van der Waals surface area contributed by atoms with Gasteiger partial charge in [0.2, 0.25) is 0 Å². The maximum absolute atomic E-state index is 9.86. The van der Waals surface area contributed by atoms with Crippen LogP contribution in [0.2, 0.25) is 0 Å². The van der Waals surface area contributed by atoms with Crippen LogP contribution in [0.15, 0.2) is 152 Å². The molecule has 0 saturated carbocycles. The zero-order valence-corrected chi connectivity index (χ0v) is 27.8. The Balaban J connectivity index is 1.14. The van der Waals surface area contributed by atoms with Crippen LogP contribution in [0.4, 0.5) is 0 Å². The van der Waals surface area contributed by atoms with E-state index >= 15 is 0 Å². The van der Waals surface area contributed by atoms with Crippen molar-refractivity contribution in [2.75, 3.05) is 0 Å². The van der Waals surface area contributed by atoms with Crippen LogP contribution in [0.1, 0.15) is 30.5 Å². The lowest BCUT2D eigenvalue weighted by Gasteiger charge is -2.22. The van der Waals surface area contributed by atoms with Crippen LogP contribution in [0, 0.1) is 11.3 Å². The Hall–Kier alpha value is -6.50. The molecule has 2 aromatic heterocycles. The Morgan fingerprint density at radius 1 is 0.560 bits per heavy atom. The van der Waals surface area contributed by atoms with Crippen LogP contribution in [0.3, 0.4) is 0 Å². The molecule has 1 aliphatic rings. The molecular weight excluding hydrogens is 607 g/mol. The number of aromatic nitrogens is 2. The highest BCUT2D eigenvalue weighted by molar-refractivity contribution is 6.22. The second-order valence-electron chi connectivity index (χ2n) is 13.9. The van der Waals surface area contributed by atoms with Gasteiger partial charge in [-0.15, -0.1) is 0 Å². The summed E-state index contributed by atoms with van der Waals surface area (Å²) in [5.41, 5.74) is 14.5. The van der Waals surface area contributed by atoms with E-state index in [2.05, 4.69) is 146 Å². The van der Waals surface area contributed by atoms with E-state index in [4.69, 9.17) is 4.98 Å². The summed E-state index contributed by atoms with van der Waals surface area (Å²) >= 11 is 0. The molecular formula is C47H31N3. The van der Waals surface area contributed by atoms with Crippen LogP contribution in [-0.4, -0.2) is 9.55 Å². The van der Waals surface area contributed by atoms with Crippen molar-refractivity contribution in [2.45, 2.75) is 19.3 Å². The quantitative estimate of drug-likeness (QED) is 0.193. The molecule has 0 atom stereocenters. The highest BCUT2D eigenvalue weighted by Crippen LogP contribution is 2.50. The predicted molar refractivity (Wildman–Crippen MR) is 207 cm³/mol. The van der Waals surface area contributed by atoms with Gasteiger partial charge in [-0.05, 0) is 92.7 Å². The summed E-state index contributed by atoms with van der Waals surface area (Å²) in [5.74, 6) is 0. The zero-order valence-electron chi connectivity index (χ0n) is 27.8. The molecule has 0 aliphatic heterocycles. The fourth-order valence-corrected chi connectivity index (χ4v) is 8.33. The van der Waals surface area contributed by atoms with Gasteiger partial charge >= 0.3 is 0 Å². The Bertz CT molecular complexity index is 2900. The van der Waals surface area contributed by atoms with Gasteiger partial charge in [-0.1, -0.05) is 117 Å². The summed E-state index contributed by atoms with van der Waals surface area (Å²) in [6, 6.07) is 56.6. The minimum Gasteiger partial charge on any atom is -0.309 e. The molecule has 2 heterocycles. The third-order valence-corrected chi connectivity index (χ3v) is 10.8. The molecule has 10 rings (SSSR count). The molecule has 0 spiro atoms. The predicted octanol–water partition coefficient (Wildman–Crippen LogP) is 12.0. The van der Waals surface area contributed by atoms with E-state index in [0.29, 0.717) is 5.56 Å². The van der Waals surface area contributed by atoms with Gasteiger partial charge in [0.1, 0.15) is 0 Å². The van der Waals surface area contributed by atoms with E-state index in [0.717, 1.165) is 33.4 Å². The van der Waals surface area contributed by atoms with E-state index in [1.165, 1.54) is 60.4 Å². The summed E-state index contributed by atoms with van der Waals surface area (Å²) in [5, 5.41) is 15.7. The number of nitrogens with zero attached hydrogens (tertiary/aromatic N) is 3. The van der Waals surface area contributed by atoms with Crippen molar-refractivity contribution in [1.82, 2.24) is 9.55 Å². The van der Waals surface area contributed by atoms with Crippen molar-refractivity contribution in [3.8, 4) is 45.3 Å². The van der Waals surface area contributed by atoms with E-state index in [1.54, 1.807) is 0 Å². The van der Waals surface area contributed by atoms with Crippen LogP contribution < -0.4 is 0 Å². The van der Waals surface area contributed by atoms with Gasteiger partial charge in [-0.25, -0.2) is 4.98 Å². The number of hydrogen-bond acceptors (Lipinski definition) is 2. The number of pyridine rings is 1. The molecule has 3 heteroatoms. The molecule has 0 N–H and O–H groups in total. The monoisotopic (exact) mass is 637 g/mol. The maximum Gasteiger partial charge on any atom is 0.0999 e. The highest BCUT2D eigenvalue weighted by Gasteiger charge is 2.35. The van der Waals surface area contributed by atoms with Crippen molar-refractivity contribution in [3.05, 3.63) is 168 Å². The van der Waals surface area contributed by atoms with E-state index < -0.39 is 0 Å². The third-order valence-electron chi connectivity index (χ3n) is 10.8. The molecule has 7 aromatic carbocycles. The molecule has 50 heavy (non-hydrogen) atoms. The lowest BCUT2D eigenvalue weighted by Crippen LogP contribution is -2.14. The number of benzene rings is 7. The van der Waals surface area contributed by atoms with Crippen molar-refractivity contribution >= 4 is 43.5 Å². The molecule has 0 fully saturated rings. The second kappa shape index (κ2) is 10.5. The molecule has 0 radical (unpaired) electrons. The lowest BCUT2D eigenvalue weighted by molar-refractivity contribution is 0.660. The molecule has 9 aromatic rings. The number of nitriles is 1. The van der Waals surface area contributed by atoms with Gasteiger partial charge in [0.05, 0.1) is 33.9 Å². The smallest absolute Gasteiger partial charge is 0.0999 e. The first-order chi connectivity index (χ1) is 24.5. The Kier molecular flexibility index (Phi) is 5.99. The van der Waals surface area contributed by atoms with Crippen LogP contribution in [0.5, 0.6) is 0 Å². The summed E-state index contributed by atoms with van der Waals surface area (Å²) < 4.78 is 2.38. The first kappa shape index (κ1) is 28.5. The summed E-state index contributed by atoms with van der Waals surface area (Å²) in [4.78, 5) is 4.90. The molecule has 234 valence electrons. The third kappa shape index (κ3) is 4.06. The van der Waals surface area contributed by atoms with Crippen molar-refractivity contribution in [2.24, 2.45) is 0 Å². The summed E-state index contributed by atoms with van der Waals surface area (Å²) in [6.07, 6.45) is 0. The molecule has 0 amide bonds. The van der Waals surface area contributed by atoms with E-state index in [9.17, 15) is 5.26 Å². The molecule has 1 aliphatic carbocycles. The topological polar surface area (TPSA) is 41.6 Å². The van der Waals surface area contributed by atoms with Gasteiger partial charge in [-0.2, -0.15) is 5.26 Å². The fraction of sp³-hybridized carbons (Fsp3) is 0.0638. The molecule has 0 unspecified atom stereocenters. The number of hydrogen-bond donors (Lipinski definition) is 0. The maximum atomic E-state index is 9.86. The first-order valence-electron chi connectivity index (χ1n) is 17.1. The van der Waals surface area contributed by atoms with Crippen molar-refractivity contribution < 1.29 is 0 Å². The summed E-state index contributed by atoms with van der Waals surface area (Å²) in [6.45, 7) is 4.68. The number of fused-ring (bicyclic) bond motifs is 9. The Labute approximate surface area is 290 Å². The largest absolute Gasteiger partial charge is 0.309 e. The molecule has 3 nitrogen and oxygen atoms in total. The minimum atomic E-state index is -0.0526. The zero-order chi connectivity index (χ0) is 33.6. The van der Waals surface area contributed by atoms with Crippen LogP contribution >= 0.6 is 0 Å². The Morgan fingerprint density at radius 2 is 1.24 bits per heavy atom. The standard InChI is InChI=1S/C47H31N3/c1-47(2)40-13-7-5-12-37(40)38-22-17-32(26-41(38)47)31-19-23-44-39(25-31)46-36-11-4-3-9-29(36)18-24-45(46)50(44)34-20-15-30(16-21-34)43-27-33(28-48)35-10-6-8-14-42(35)49-43/h3-27H,1-2H3. The minimum absolute atomic E-state index is 0.0526. The van der Waals surface area contributed by atoms with Gasteiger partial charge < -0.3 is 4.57 Å². The SMILES string of the molecule is CC1(C)c2ccccc2-c2ccc(-c3ccc4c(c3)c3c5ccccc5ccc3n4-c3ccc(-c4cc(C#N)c5ccccc5n4)cc3)cc21. The van der Waals surface area contributed by atoms with E-state index in [-0.39, 0.29) is 5.41 Å². The summed E-state index contributed by atoms with van der Waals surface area (Å²) in [7, 11) is 0. The lowest BCUT2D eigenvalue weighted by atomic mass is 9.81.